The molecule has 158 valence electrons. The number of hydrogen-bond acceptors (Lipinski definition) is 5. The zero-order valence-corrected chi connectivity index (χ0v) is 17.6. The molecule has 1 fully saturated rings. The number of benzene rings is 1. The number of rotatable bonds is 9. The summed E-state index contributed by atoms with van der Waals surface area (Å²) >= 11 is 0. The molecule has 1 aliphatic rings. The highest BCUT2D eigenvalue weighted by molar-refractivity contribution is 5.80. The molecular formula is C22H33N5O2. The molecule has 0 saturated carbocycles. The number of ether oxygens (including phenoxy) is 1. The summed E-state index contributed by atoms with van der Waals surface area (Å²) in [6.45, 7) is 11.3. The first-order chi connectivity index (χ1) is 14.3. The summed E-state index contributed by atoms with van der Waals surface area (Å²) in [6, 6.07) is 12.3. The van der Waals surface area contributed by atoms with E-state index in [1.54, 1.807) is 6.26 Å². The molecule has 2 heterocycles. The molecule has 0 spiro atoms. The largest absolute Gasteiger partial charge is 0.374 e. The van der Waals surface area contributed by atoms with E-state index in [-0.39, 0.29) is 6.10 Å². The monoisotopic (exact) mass is 399 g/mol. The summed E-state index contributed by atoms with van der Waals surface area (Å²) in [5.41, 5.74) is 2.21. The lowest BCUT2D eigenvalue weighted by molar-refractivity contribution is 0.0651. The minimum Gasteiger partial charge on any atom is -0.374 e. The number of aromatic nitrogens is 1. The van der Waals surface area contributed by atoms with Crippen LogP contribution in [0.15, 0.2) is 52.2 Å². The third-order valence-electron chi connectivity index (χ3n) is 5.08. The fourth-order valence-corrected chi connectivity index (χ4v) is 3.42. The van der Waals surface area contributed by atoms with Gasteiger partial charge in [-0.2, -0.15) is 0 Å². The molecule has 0 amide bonds. The van der Waals surface area contributed by atoms with Gasteiger partial charge in [0, 0.05) is 58.5 Å². The Kier molecular flexibility index (Phi) is 8.52. The topological polar surface area (TPSA) is 66.1 Å². The van der Waals surface area contributed by atoms with Gasteiger partial charge in [-0.3, -0.25) is 9.89 Å². The first-order valence-electron chi connectivity index (χ1n) is 10.6. The summed E-state index contributed by atoms with van der Waals surface area (Å²) in [4.78, 5) is 9.56. The third kappa shape index (κ3) is 6.87. The van der Waals surface area contributed by atoms with Crippen molar-refractivity contribution in [3.63, 3.8) is 0 Å². The van der Waals surface area contributed by atoms with E-state index in [4.69, 9.17) is 14.3 Å². The number of aliphatic imine (C=N–C) groups is 1. The van der Waals surface area contributed by atoms with Crippen LogP contribution < -0.4 is 5.32 Å². The summed E-state index contributed by atoms with van der Waals surface area (Å²) in [7, 11) is 0. The standard InChI is InChI=1S/C22H33N5O2/c1-3-23-22(24-11-7-16-28-19(2)20-8-5-4-6-9-20)27-14-12-26(13-15-27)18-21-10-17-29-25-21/h4-6,8-10,17,19H,3,7,11-16,18H2,1-2H3,(H,23,24). The first kappa shape index (κ1) is 21.3. The number of piperazine rings is 1. The van der Waals surface area contributed by atoms with E-state index in [1.165, 1.54) is 5.56 Å². The predicted octanol–water partition coefficient (Wildman–Crippen LogP) is 2.93. The van der Waals surface area contributed by atoms with Gasteiger partial charge in [0.15, 0.2) is 5.96 Å². The molecule has 1 atom stereocenters. The van der Waals surface area contributed by atoms with Crippen LogP contribution in [0.1, 0.15) is 37.6 Å². The lowest BCUT2D eigenvalue weighted by Crippen LogP contribution is -2.52. The Hall–Kier alpha value is -2.38. The first-order valence-corrected chi connectivity index (χ1v) is 10.6. The average Bonchev–Trinajstić information content (AvgIpc) is 3.27. The fraction of sp³-hybridized carbons (Fsp3) is 0.545. The summed E-state index contributed by atoms with van der Waals surface area (Å²) in [5, 5.41) is 7.43. The molecular weight excluding hydrogens is 366 g/mol. The van der Waals surface area contributed by atoms with Crippen LogP contribution in [0.25, 0.3) is 0 Å². The number of nitrogens with one attached hydrogen (secondary N) is 1. The maximum Gasteiger partial charge on any atom is 0.194 e. The zero-order chi connectivity index (χ0) is 20.3. The van der Waals surface area contributed by atoms with Crippen molar-refractivity contribution in [3.05, 3.63) is 53.9 Å². The molecule has 7 heteroatoms. The smallest absolute Gasteiger partial charge is 0.194 e. The molecule has 1 N–H and O–H groups in total. The second kappa shape index (κ2) is 11.6. The maximum absolute atomic E-state index is 5.96. The van der Waals surface area contributed by atoms with Crippen molar-refractivity contribution < 1.29 is 9.26 Å². The van der Waals surface area contributed by atoms with Crippen molar-refractivity contribution in [1.82, 2.24) is 20.3 Å². The van der Waals surface area contributed by atoms with Gasteiger partial charge in [0.2, 0.25) is 0 Å². The van der Waals surface area contributed by atoms with E-state index in [9.17, 15) is 0 Å². The van der Waals surface area contributed by atoms with Crippen LogP contribution in [-0.2, 0) is 11.3 Å². The number of guanidine groups is 1. The van der Waals surface area contributed by atoms with Crippen LogP contribution in [0.5, 0.6) is 0 Å². The zero-order valence-electron chi connectivity index (χ0n) is 17.6. The lowest BCUT2D eigenvalue weighted by atomic mass is 10.1. The molecule has 1 aromatic carbocycles. The summed E-state index contributed by atoms with van der Waals surface area (Å²) in [5.74, 6) is 1.00. The highest BCUT2D eigenvalue weighted by Crippen LogP contribution is 2.15. The van der Waals surface area contributed by atoms with Crippen LogP contribution >= 0.6 is 0 Å². The van der Waals surface area contributed by atoms with Crippen molar-refractivity contribution in [1.29, 1.82) is 0 Å². The summed E-state index contributed by atoms with van der Waals surface area (Å²) < 4.78 is 10.9. The van der Waals surface area contributed by atoms with E-state index < -0.39 is 0 Å². The lowest BCUT2D eigenvalue weighted by Gasteiger charge is -2.36. The van der Waals surface area contributed by atoms with E-state index in [0.717, 1.165) is 63.9 Å². The molecule has 1 saturated heterocycles. The fourth-order valence-electron chi connectivity index (χ4n) is 3.42. The van der Waals surface area contributed by atoms with Crippen LogP contribution in [0.2, 0.25) is 0 Å². The van der Waals surface area contributed by atoms with Gasteiger partial charge in [-0.15, -0.1) is 0 Å². The molecule has 0 radical (unpaired) electrons. The van der Waals surface area contributed by atoms with Crippen LogP contribution in [0.3, 0.4) is 0 Å². The van der Waals surface area contributed by atoms with E-state index in [0.29, 0.717) is 6.61 Å². The average molecular weight is 400 g/mol. The second-order valence-corrected chi connectivity index (χ2v) is 7.27. The Bertz CT molecular complexity index is 712. The summed E-state index contributed by atoms with van der Waals surface area (Å²) in [6.07, 6.45) is 2.66. The van der Waals surface area contributed by atoms with E-state index >= 15 is 0 Å². The molecule has 2 aromatic rings. The minimum atomic E-state index is 0.117. The van der Waals surface area contributed by atoms with Crippen LogP contribution in [0.4, 0.5) is 0 Å². The van der Waals surface area contributed by atoms with Gasteiger partial charge in [-0.05, 0) is 25.8 Å². The quantitative estimate of drug-likeness (QED) is 0.397. The molecule has 7 nitrogen and oxygen atoms in total. The Morgan fingerprint density at radius 3 is 2.69 bits per heavy atom. The Morgan fingerprint density at radius 2 is 2.00 bits per heavy atom. The Balaban J connectivity index is 1.39. The van der Waals surface area contributed by atoms with Gasteiger partial charge < -0.3 is 19.5 Å². The molecule has 3 rings (SSSR count). The molecule has 1 aromatic heterocycles. The van der Waals surface area contributed by atoms with E-state index in [2.05, 4.69) is 46.3 Å². The molecule has 0 aliphatic carbocycles. The minimum absolute atomic E-state index is 0.117. The molecule has 1 aliphatic heterocycles. The normalized spacial score (nSPS) is 16.8. The highest BCUT2D eigenvalue weighted by Gasteiger charge is 2.20. The van der Waals surface area contributed by atoms with Crippen LogP contribution in [0, 0.1) is 0 Å². The van der Waals surface area contributed by atoms with Crippen molar-refractivity contribution in [3.8, 4) is 0 Å². The molecule has 0 bridgehead atoms. The van der Waals surface area contributed by atoms with Gasteiger partial charge in [0.05, 0.1) is 11.8 Å². The molecule has 1 unspecified atom stereocenters. The van der Waals surface area contributed by atoms with Gasteiger partial charge in [-0.25, -0.2) is 0 Å². The van der Waals surface area contributed by atoms with Crippen molar-refractivity contribution in [2.24, 2.45) is 4.99 Å². The number of nitrogens with zero attached hydrogens (tertiary/aromatic N) is 4. The van der Waals surface area contributed by atoms with Gasteiger partial charge in [0.25, 0.3) is 0 Å². The second-order valence-electron chi connectivity index (χ2n) is 7.27. The SMILES string of the molecule is CCNC(=NCCCOC(C)c1ccccc1)N1CCN(Cc2ccon2)CC1. The number of hydrogen-bond donors (Lipinski definition) is 1. The Labute approximate surface area is 173 Å². The van der Waals surface area contributed by atoms with Crippen molar-refractivity contribution in [2.75, 3.05) is 45.9 Å². The van der Waals surface area contributed by atoms with E-state index in [1.807, 2.05) is 24.3 Å². The van der Waals surface area contributed by atoms with Gasteiger partial charge in [-0.1, -0.05) is 35.5 Å². The maximum atomic E-state index is 5.96. The third-order valence-corrected chi connectivity index (χ3v) is 5.08. The predicted molar refractivity (Wildman–Crippen MR) is 115 cm³/mol. The van der Waals surface area contributed by atoms with Crippen molar-refractivity contribution >= 4 is 5.96 Å². The van der Waals surface area contributed by atoms with Crippen LogP contribution in [-0.4, -0.2) is 66.8 Å². The highest BCUT2D eigenvalue weighted by atomic mass is 16.5. The van der Waals surface area contributed by atoms with Gasteiger partial charge in [0.1, 0.15) is 6.26 Å². The van der Waals surface area contributed by atoms with Gasteiger partial charge >= 0.3 is 0 Å². The molecule has 29 heavy (non-hydrogen) atoms. The Morgan fingerprint density at radius 1 is 1.21 bits per heavy atom. The van der Waals surface area contributed by atoms with Crippen molar-refractivity contribution in [2.45, 2.75) is 32.9 Å².